The van der Waals surface area contributed by atoms with Crippen molar-refractivity contribution in [2.45, 2.75) is 0 Å². The molecule has 0 saturated heterocycles. The third-order valence-electron chi connectivity index (χ3n) is 3.29. The number of rotatable bonds is 4. The van der Waals surface area contributed by atoms with Crippen LogP contribution in [0.2, 0.25) is 0 Å². The van der Waals surface area contributed by atoms with Gasteiger partial charge < -0.3 is 4.42 Å². The van der Waals surface area contributed by atoms with E-state index in [1.165, 1.54) is 18.2 Å². The van der Waals surface area contributed by atoms with E-state index in [1.807, 2.05) is 0 Å². The molecule has 1 aliphatic rings. The first-order chi connectivity index (χ1) is 11.4. The second kappa shape index (κ2) is 5.43. The monoisotopic (exact) mass is 329 g/mol. The van der Waals surface area contributed by atoms with Crippen molar-refractivity contribution in [2.75, 3.05) is 0 Å². The lowest BCUT2D eigenvalue weighted by atomic mass is 10.1. The average Bonchev–Trinajstić information content (AvgIpc) is 3.10. The van der Waals surface area contributed by atoms with Crippen molar-refractivity contribution in [1.29, 1.82) is 0 Å². The van der Waals surface area contributed by atoms with Crippen molar-refractivity contribution < 1.29 is 23.9 Å². The number of benzene rings is 1. The SMILES string of the molecule is O=C1c2ccc([N+](=O)[O-])cc2C(=O)N1/C=C/c1ccc([N+](=O)[O-])o1. The number of carbonyl (C=O) groups excluding carboxylic acids is 2. The van der Waals surface area contributed by atoms with Gasteiger partial charge in [-0.15, -0.1) is 0 Å². The van der Waals surface area contributed by atoms with Gasteiger partial charge in [0.2, 0.25) is 0 Å². The van der Waals surface area contributed by atoms with Crippen LogP contribution in [0.25, 0.3) is 6.08 Å². The minimum absolute atomic E-state index is 0.0423. The van der Waals surface area contributed by atoms with E-state index in [4.69, 9.17) is 4.42 Å². The molecule has 0 spiro atoms. The smallest absolute Gasteiger partial charge is 0.401 e. The summed E-state index contributed by atoms with van der Waals surface area (Å²) in [7, 11) is 0. The van der Waals surface area contributed by atoms with Gasteiger partial charge in [0.15, 0.2) is 0 Å². The molecule has 24 heavy (non-hydrogen) atoms. The quantitative estimate of drug-likeness (QED) is 0.477. The average molecular weight is 329 g/mol. The summed E-state index contributed by atoms with van der Waals surface area (Å²) in [5.74, 6) is -1.78. The number of nitrogens with zero attached hydrogens (tertiary/aromatic N) is 3. The minimum atomic E-state index is -0.726. The third-order valence-corrected chi connectivity index (χ3v) is 3.29. The molecular formula is C14H7N3O7. The fourth-order valence-corrected chi connectivity index (χ4v) is 2.17. The van der Waals surface area contributed by atoms with E-state index in [-0.39, 0.29) is 22.6 Å². The first-order valence-corrected chi connectivity index (χ1v) is 6.47. The van der Waals surface area contributed by atoms with E-state index in [9.17, 15) is 29.8 Å². The van der Waals surface area contributed by atoms with Crippen LogP contribution in [0.4, 0.5) is 11.6 Å². The largest absolute Gasteiger partial charge is 0.433 e. The second-order valence-corrected chi connectivity index (χ2v) is 4.72. The van der Waals surface area contributed by atoms with Gasteiger partial charge in [-0.2, -0.15) is 0 Å². The van der Waals surface area contributed by atoms with E-state index in [0.717, 1.165) is 29.3 Å². The van der Waals surface area contributed by atoms with Crippen LogP contribution in [0.1, 0.15) is 26.5 Å². The molecule has 0 saturated carbocycles. The van der Waals surface area contributed by atoms with Crippen LogP contribution in [0, 0.1) is 20.2 Å². The summed E-state index contributed by atoms with van der Waals surface area (Å²) in [6.45, 7) is 0. The van der Waals surface area contributed by atoms with Crippen molar-refractivity contribution in [3.8, 4) is 0 Å². The van der Waals surface area contributed by atoms with Gasteiger partial charge in [0.1, 0.15) is 10.7 Å². The highest BCUT2D eigenvalue weighted by Crippen LogP contribution is 2.27. The van der Waals surface area contributed by atoms with Gasteiger partial charge in [-0.3, -0.25) is 29.8 Å². The van der Waals surface area contributed by atoms with Crippen LogP contribution in [-0.4, -0.2) is 26.6 Å². The van der Waals surface area contributed by atoms with Crippen LogP contribution in [0.15, 0.2) is 40.9 Å². The number of imide groups is 1. The molecule has 3 rings (SSSR count). The second-order valence-electron chi connectivity index (χ2n) is 4.72. The van der Waals surface area contributed by atoms with Gasteiger partial charge in [0, 0.05) is 18.3 Å². The van der Waals surface area contributed by atoms with Crippen LogP contribution >= 0.6 is 0 Å². The molecule has 2 heterocycles. The number of carbonyl (C=O) groups is 2. The molecule has 2 amide bonds. The van der Waals surface area contributed by atoms with Crippen molar-refractivity contribution >= 4 is 29.5 Å². The Balaban J connectivity index is 1.88. The maximum atomic E-state index is 12.2. The molecule has 0 radical (unpaired) electrons. The lowest BCUT2D eigenvalue weighted by Crippen LogP contribution is -2.23. The summed E-state index contributed by atoms with van der Waals surface area (Å²) in [6.07, 6.45) is 2.31. The van der Waals surface area contributed by atoms with E-state index in [2.05, 4.69) is 0 Å². The van der Waals surface area contributed by atoms with Gasteiger partial charge in [0.05, 0.1) is 22.1 Å². The topological polar surface area (TPSA) is 137 Å². The van der Waals surface area contributed by atoms with Crippen LogP contribution in [-0.2, 0) is 0 Å². The Morgan fingerprint density at radius 3 is 2.29 bits per heavy atom. The van der Waals surface area contributed by atoms with Gasteiger partial charge in [0.25, 0.3) is 17.5 Å². The predicted octanol–water partition coefficient (Wildman–Crippen LogP) is 2.36. The minimum Gasteiger partial charge on any atom is -0.401 e. The number of hydrogen-bond acceptors (Lipinski definition) is 7. The molecule has 1 aromatic carbocycles. The lowest BCUT2D eigenvalue weighted by molar-refractivity contribution is -0.402. The molecule has 0 fully saturated rings. The number of nitro groups is 2. The summed E-state index contributed by atoms with van der Waals surface area (Å²) in [6, 6.07) is 5.80. The third kappa shape index (κ3) is 2.41. The summed E-state index contributed by atoms with van der Waals surface area (Å²) >= 11 is 0. The summed E-state index contributed by atoms with van der Waals surface area (Å²) < 4.78 is 4.88. The molecule has 10 nitrogen and oxygen atoms in total. The highest BCUT2D eigenvalue weighted by molar-refractivity contribution is 6.22. The van der Waals surface area contributed by atoms with Crippen molar-refractivity contribution in [1.82, 2.24) is 4.90 Å². The molecule has 0 atom stereocenters. The van der Waals surface area contributed by atoms with Crippen molar-refractivity contribution in [2.24, 2.45) is 0 Å². The molecule has 0 bridgehead atoms. The number of nitro benzene ring substituents is 1. The van der Waals surface area contributed by atoms with Crippen LogP contribution in [0.3, 0.4) is 0 Å². The number of amides is 2. The highest BCUT2D eigenvalue weighted by Gasteiger charge is 2.35. The number of fused-ring (bicyclic) bond motifs is 1. The van der Waals surface area contributed by atoms with E-state index in [1.54, 1.807) is 0 Å². The molecule has 10 heteroatoms. The van der Waals surface area contributed by atoms with E-state index < -0.39 is 27.5 Å². The maximum Gasteiger partial charge on any atom is 0.433 e. The summed E-state index contributed by atoms with van der Waals surface area (Å²) in [5, 5.41) is 21.3. The van der Waals surface area contributed by atoms with Crippen LogP contribution < -0.4 is 0 Å². The Labute approximate surface area is 132 Å². The maximum absolute atomic E-state index is 12.2. The molecule has 1 aliphatic heterocycles. The number of non-ortho nitro benzene ring substituents is 1. The molecule has 0 unspecified atom stereocenters. The summed E-state index contributed by atoms with van der Waals surface area (Å²) in [5.41, 5.74) is -0.340. The van der Waals surface area contributed by atoms with Gasteiger partial charge in [-0.05, 0) is 18.2 Å². The Morgan fingerprint density at radius 1 is 0.958 bits per heavy atom. The molecule has 1 aromatic heterocycles. The standard InChI is InChI=1S/C14H7N3O7/c18-13-10-3-1-8(16(20)21)7-11(10)14(19)15(13)6-5-9-2-4-12(24-9)17(22)23/h1-7H/b6-5+. The van der Waals surface area contributed by atoms with E-state index in [0.29, 0.717) is 0 Å². The fourth-order valence-electron chi connectivity index (χ4n) is 2.17. The van der Waals surface area contributed by atoms with Crippen molar-refractivity contribution in [3.05, 3.63) is 73.6 Å². The van der Waals surface area contributed by atoms with E-state index >= 15 is 0 Å². The zero-order valence-corrected chi connectivity index (χ0v) is 11.7. The summed E-state index contributed by atoms with van der Waals surface area (Å²) in [4.78, 5) is 45.0. The molecule has 0 N–H and O–H groups in total. The number of furan rings is 1. The predicted molar refractivity (Wildman–Crippen MR) is 78.0 cm³/mol. The molecule has 120 valence electrons. The fraction of sp³-hybridized carbons (Fsp3) is 0. The van der Waals surface area contributed by atoms with Gasteiger partial charge in [-0.25, -0.2) is 4.90 Å². The Hall–Kier alpha value is -3.82. The normalized spacial score (nSPS) is 13.6. The lowest BCUT2D eigenvalue weighted by Gasteiger charge is -2.05. The molecular weight excluding hydrogens is 322 g/mol. The molecule has 0 aliphatic carbocycles. The van der Waals surface area contributed by atoms with Gasteiger partial charge >= 0.3 is 5.88 Å². The number of hydrogen-bond donors (Lipinski definition) is 0. The first kappa shape index (κ1) is 15.1. The Morgan fingerprint density at radius 2 is 1.67 bits per heavy atom. The Bertz CT molecular complexity index is 928. The van der Waals surface area contributed by atoms with Crippen LogP contribution in [0.5, 0.6) is 0 Å². The Kier molecular flexibility index (Phi) is 3.41. The molecule has 2 aromatic rings. The zero-order valence-electron chi connectivity index (χ0n) is 11.7. The van der Waals surface area contributed by atoms with Gasteiger partial charge in [-0.1, -0.05) is 0 Å². The van der Waals surface area contributed by atoms with Crippen molar-refractivity contribution in [3.63, 3.8) is 0 Å². The first-order valence-electron chi connectivity index (χ1n) is 6.47. The zero-order chi connectivity index (χ0) is 17.4. The highest BCUT2D eigenvalue weighted by atomic mass is 16.6.